The van der Waals surface area contributed by atoms with Gasteiger partial charge in [-0.1, -0.05) is 6.92 Å². The van der Waals surface area contributed by atoms with E-state index in [2.05, 4.69) is 9.88 Å². The molecule has 2 unspecified atom stereocenters. The van der Waals surface area contributed by atoms with E-state index >= 15 is 0 Å². The smallest absolute Gasteiger partial charge is 0.332 e. The van der Waals surface area contributed by atoms with Gasteiger partial charge in [0.05, 0.1) is 5.38 Å². The van der Waals surface area contributed by atoms with Gasteiger partial charge in [-0.2, -0.15) is 4.98 Å². The molecule has 0 amide bonds. The Morgan fingerprint density at radius 3 is 2.68 bits per heavy atom. The lowest BCUT2D eigenvalue weighted by Gasteiger charge is -2.32. The van der Waals surface area contributed by atoms with Crippen molar-refractivity contribution in [1.29, 1.82) is 0 Å². The molecule has 0 spiro atoms. The molecule has 0 saturated carbocycles. The molecule has 25 heavy (non-hydrogen) atoms. The van der Waals surface area contributed by atoms with Crippen LogP contribution in [0.4, 0.5) is 5.95 Å². The molecular weight excluding hydrogens is 344 g/mol. The van der Waals surface area contributed by atoms with Crippen LogP contribution in [-0.2, 0) is 20.6 Å². The van der Waals surface area contributed by atoms with Crippen molar-refractivity contribution in [2.75, 3.05) is 18.0 Å². The fourth-order valence-electron chi connectivity index (χ4n) is 3.37. The molecular formula is C16H25ClN6O2. The SMILES string of the molecule is CCC(Cl)Cn1c(N2CCCC(N)C2)nc2c1c(=O)n(C)c(=O)n2C. The van der Waals surface area contributed by atoms with Gasteiger partial charge in [0.1, 0.15) is 0 Å². The number of halogens is 1. The fourth-order valence-corrected chi connectivity index (χ4v) is 3.51. The molecule has 1 aliphatic heterocycles. The van der Waals surface area contributed by atoms with E-state index in [-0.39, 0.29) is 22.7 Å². The summed E-state index contributed by atoms with van der Waals surface area (Å²) in [5.74, 6) is 0.669. The number of nitrogens with zero attached hydrogens (tertiary/aromatic N) is 5. The van der Waals surface area contributed by atoms with E-state index in [0.717, 1.165) is 30.4 Å². The van der Waals surface area contributed by atoms with Crippen LogP contribution in [0.2, 0.25) is 0 Å². The highest BCUT2D eigenvalue weighted by atomic mass is 35.5. The summed E-state index contributed by atoms with van der Waals surface area (Å²) < 4.78 is 4.38. The highest BCUT2D eigenvalue weighted by Crippen LogP contribution is 2.24. The van der Waals surface area contributed by atoms with Crippen molar-refractivity contribution in [2.24, 2.45) is 19.8 Å². The summed E-state index contributed by atoms with van der Waals surface area (Å²) in [4.78, 5) is 31.7. The Balaban J connectivity index is 2.26. The van der Waals surface area contributed by atoms with Crippen molar-refractivity contribution in [2.45, 2.75) is 44.1 Å². The Bertz CT molecular complexity index is 899. The quantitative estimate of drug-likeness (QED) is 0.788. The van der Waals surface area contributed by atoms with E-state index in [9.17, 15) is 9.59 Å². The first kappa shape index (κ1) is 18.0. The monoisotopic (exact) mass is 368 g/mol. The second kappa shape index (κ2) is 6.84. The largest absolute Gasteiger partial charge is 0.341 e. The molecule has 1 saturated heterocycles. The fraction of sp³-hybridized carbons (Fsp3) is 0.688. The average molecular weight is 369 g/mol. The normalized spacial score (nSPS) is 19.6. The van der Waals surface area contributed by atoms with Crippen molar-refractivity contribution < 1.29 is 0 Å². The third-order valence-electron chi connectivity index (χ3n) is 4.89. The molecule has 3 rings (SSSR count). The van der Waals surface area contributed by atoms with Crippen LogP contribution in [0, 0.1) is 0 Å². The standard InChI is InChI=1S/C16H25ClN6O2/c1-4-10(17)8-23-12-13(20(2)16(25)21(3)14(12)24)19-15(23)22-7-5-6-11(18)9-22/h10-11H,4-9,18H2,1-3H3. The lowest BCUT2D eigenvalue weighted by atomic mass is 10.1. The number of imidazole rings is 1. The number of piperidine rings is 1. The minimum atomic E-state index is -0.387. The van der Waals surface area contributed by atoms with Gasteiger partial charge in [-0.3, -0.25) is 13.9 Å². The maximum atomic E-state index is 12.8. The van der Waals surface area contributed by atoms with Gasteiger partial charge in [-0.25, -0.2) is 4.79 Å². The van der Waals surface area contributed by atoms with E-state index in [4.69, 9.17) is 17.3 Å². The summed E-state index contributed by atoms with van der Waals surface area (Å²) in [6, 6.07) is 0.0756. The van der Waals surface area contributed by atoms with Gasteiger partial charge in [-0.05, 0) is 19.3 Å². The van der Waals surface area contributed by atoms with E-state index in [1.807, 2.05) is 11.5 Å². The lowest BCUT2D eigenvalue weighted by Crippen LogP contribution is -2.44. The van der Waals surface area contributed by atoms with Gasteiger partial charge in [-0.15, -0.1) is 11.6 Å². The Kier molecular flexibility index (Phi) is 4.92. The molecule has 3 heterocycles. The molecule has 2 atom stereocenters. The number of aryl methyl sites for hydroxylation is 1. The van der Waals surface area contributed by atoms with Crippen LogP contribution >= 0.6 is 11.6 Å². The molecule has 0 radical (unpaired) electrons. The van der Waals surface area contributed by atoms with Gasteiger partial charge in [0.2, 0.25) is 5.95 Å². The summed E-state index contributed by atoms with van der Waals surface area (Å²) in [7, 11) is 3.11. The second-order valence-electron chi connectivity index (χ2n) is 6.75. The van der Waals surface area contributed by atoms with E-state index in [1.165, 1.54) is 11.6 Å². The molecule has 138 valence electrons. The highest BCUT2D eigenvalue weighted by molar-refractivity contribution is 6.20. The average Bonchev–Trinajstić information content (AvgIpc) is 2.97. The number of aromatic nitrogens is 4. The van der Waals surface area contributed by atoms with Crippen LogP contribution < -0.4 is 21.9 Å². The minimum Gasteiger partial charge on any atom is -0.341 e. The number of fused-ring (bicyclic) bond motifs is 1. The molecule has 2 N–H and O–H groups in total. The molecule has 9 heteroatoms. The molecule has 8 nitrogen and oxygen atoms in total. The number of nitrogens with two attached hydrogens (primary N) is 1. The van der Waals surface area contributed by atoms with Crippen molar-refractivity contribution in [1.82, 2.24) is 18.7 Å². The molecule has 2 aromatic rings. The Hall–Kier alpha value is -1.80. The number of alkyl halides is 1. The second-order valence-corrected chi connectivity index (χ2v) is 7.37. The van der Waals surface area contributed by atoms with E-state index < -0.39 is 0 Å². The first-order valence-electron chi connectivity index (χ1n) is 8.66. The molecule has 0 aliphatic carbocycles. The first-order valence-corrected chi connectivity index (χ1v) is 9.09. The lowest BCUT2D eigenvalue weighted by molar-refractivity contribution is 0.492. The molecule has 2 aromatic heterocycles. The maximum Gasteiger partial charge on any atom is 0.332 e. The molecule has 0 bridgehead atoms. The van der Waals surface area contributed by atoms with Crippen molar-refractivity contribution in [3.63, 3.8) is 0 Å². The van der Waals surface area contributed by atoms with E-state index in [1.54, 1.807) is 7.05 Å². The molecule has 1 aliphatic rings. The Morgan fingerprint density at radius 1 is 1.32 bits per heavy atom. The van der Waals surface area contributed by atoms with Gasteiger partial charge in [0.25, 0.3) is 5.56 Å². The van der Waals surface area contributed by atoms with Crippen LogP contribution in [0.5, 0.6) is 0 Å². The maximum absolute atomic E-state index is 12.8. The van der Waals surface area contributed by atoms with Crippen LogP contribution in [0.15, 0.2) is 9.59 Å². The van der Waals surface area contributed by atoms with E-state index in [0.29, 0.717) is 30.2 Å². The number of rotatable bonds is 4. The van der Waals surface area contributed by atoms with Gasteiger partial charge in [0.15, 0.2) is 11.2 Å². The predicted octanol–water partition coefficient (Wildman–Crippen LogP) is 0.379. The van der Waals surface area contributed by atoms with Crippen LogP contribution in [-0.4, -0.2) is 43.2 Å². The highest BCUT2D eigenvalue weighted by Gasteiger charge is 2.26. The van der Waals surface area contributed by atoms with Gasteiger partial charge < -0.3 is 15.2 Å². The Morgan fingerprint density at radius 2 is 2.04 bits per heavy atom. The topological polar surface area (TPSA) is 91.1 Å². The minimum absolute atomic E-state index is 0.0756. The molecule has 1 fully saturated rings. The number of anilines is 1. The summed E-state index contributed by atoms with van der Waals surface area (Å²) in [6.45, 7) is 3.96. The van der Waals surface area contributed by atoms with Crippen LogP contribution in [0.25, 0.3) is 11.2 Å². The number of hydrogen-bond donors (Lipinski definition) is 1. The molecule has 0 aromatic carbocycles. The summed E-state index contributed by atoms with van der Waals surface area (Å²) in [6.07, 6.45) is 2.72. The van der Waals surface area contributed by atoms with Crippen molar-refractivity contribution >= 4 is 28.7 Å². The zero-order valence-corrected chi connectivity index (χ0v) is 15.7. The third kappa shape index (κ3) is 3.08. The first-order chi connectivity index (χ1) is 11.8. The number of hydrogen-bond acceptors (Lipinski definition) is 5. The van der Waals surface area contributed by atoms with Crippen LogP contribution in [0.3, 0.4) is 0 Å². The predicted molar refractivity (Wildman–Crippen MR) is 99.6 cm³/mol. The van der Waals surface area contributed by atoms with Gasteiger partial charge >= 0.3 is 5.69 Å². The zero-order chi connectivity index (χ0) is 18.3. The zero-order valence-electron chi connectivity index (χ0n) is 14.9. The van der Waals surface area contributed by atoms with Crippen LogP contribution in [0.1, 0.15) is 26.2 Å². The third-order valence-corrected chi connectivity index (χ3v) is 5.34. The summed E-state index contributed by atoms with van der Waals surface area (Å²) in [5, 5.41) is -0.128. The summed E-state index contributed by atoms with van der Waals surface area (Å²) >= 11 is 6.39. The Labute approximate surface area is 150 Å². The van der Waals surface area contributed by atoms with Crippen molar-refractivity contribution in [3.05, 3.63) is 20.8 Å². The van der Waals surface area contributed by atoms with Gasteiger partial charge in [0, 0.05) is 39.8 Å². The summed E-state index contributed by atoms with van der Waals surface area (Å²) in [5.41, 5.74) is 6.19. The van der Waals surface area contributed by atoms with Crippen molar-refractivity contribution in [3.8, 4) is 0 Å².